The Balaban J connectivity index is 1.73. The third-order valence-electron chi connectivity index (χ3n) is 5.10. The summed E-state index contributed by atoms with van der Waals surface area (Å²) in [5, 5.41) is 14.1. The summed E-state index contributed by atoms with van der Waals surface area (Å²) >= 11 is 0. The second kappa shape index (κ2) is 7.79. The molecule has 0 saturated carbocycles. The molecule has 0 fully saturated rings. The van der Waals surface area contributed by atoms with E-state index in [9.17, 15) is 14.3 Å². The average Bonchev–Trinajstić information content (AvgIpc) is 2.64. The van der Waals surface area contributed by atoms with Crippen molar-refractivity contribution >= 4 is 5.78 Å². The van der Waals surface area contributed by atoms with E-state index in [0.29, 0.717) is 12.1 Å². The maximum atomic E-state index is 13.0. The SMILES string of the molecule is CCc1ccc2c(c1)[C@@H](NCCC(=O)c1ccc(F)cc1)[C@H](O)C(C)(C)O2. The molecule has 2 aromatic rings. The normalized spacial score (nSPS) is 20.6. The van der Waals surface area contributed by atoms with Gasteiger partial charge in [-0.25, -0.2) is 4.39 Å². The van der Waals surface area contributed by atoms with E-state index >= 15 is 0 Å². The van der Waals surface area contributed by atoms with Crippen LogP contribution in [0.2, 0.25) is 0 Å². The molecule has 144 valence electrons. The van der Waals surface area contributed by atoms with Crippen LogP contribution in [0.5, 0.6) is 5.75 Å². The van der Waals surface area contributed by atoms with Crippen LogP contribution in [0.15, 0.2) is 42.5 Å². The number of ketones is 1. The first-order chi connectivity index (χ1) is 12.8. The maximum absolute atomic E-state index is 13.0. The second-order valence-electron chi connectivity index (χ2n) is 7.49. The minimum absolute atomic E-state index is 0.0640. The number of nitrogens with one attached hydrogen (secondary N) is 1. The topological polar surface area (TPSA) is 58.6 Å². The molecule has 2 atom stereocenters. The fraction of sp³-hybridized carbons (Fsp3) is 0.409. The minimum Gasteiger partial charge on any atom is -0.485 e. The van der Waals surface area contributed by atoms with Crippen LogP contribution in [0.25, 0.3) is 0 Å². The Hall–Kier alpha value is -2.24. The number of aliphatic hydroxyl groups excluding tert-OH is 1. The monoisotopic (exact) mass is 371 g/mol. The van der Waals surface area contributed by atoms with Gasteiger partial charge in [-0.15, -0.1) is 0 Å². The van der Waals surface area contributed by atoms with E-state index < -0.39 is 11.7 Å². The highest BCUT2D eigenvalue weighted by molar-refractivity contribution is 5.96. The van der Waals surface area contributed by atoms with Crippen molar-refractivity contribution in [3.05, 3.63) is 65.0 Å². The first-order valence-electron chi connectivity index (χ1n) is 9.34. The van der Waals surface area contributed by atoms with Gasteiger partial charge < -0.3 is 15.2 Å². The van der Waals surface area contributed by atoms with Crippen molar-refractivity contribution in [3.63, 3.8) is 0 Å². The molecule has 27 heavy (non-hydrogen) atoms. The number of rotatable bonds is 6. The van der Waals surface area contributed by atoms with Gasteiger partial charge in [-0.3, -0.25) is 4.79 Å². The van der Waals surface area contributed by atoms with Gasteiger partial charge in [0.25, 0.3) is 0 Å². The average molecular weight is 371 g/mol. The number of Topliss-reactive ketones (excluding diaryl/α,β-unsaturated/α-hetero) is 1. The predicted molar refractivity (Wildman–Crippen MR) is 103 cm³/mol. The van der Waals surface area contributed by atoms with Crippen LogP contribution < -0.4 is 10.1 Å². The number of carbonyl (C=O) groups is 1. The highest BCUT2D eigenvalue weighted by Gasteiger charge is 2.42. The van der Waals surface area contributed by atoms with Gasteiger partial charge in [0, 0.05) is 24.1 Å². The van der Waals surface area contributed by atoms with Crippen LogP contribution in [-0.4, -0.2) is 29.1 Å². The fourth-order valence-electron chi connectivity index (χ4n) is 3.41. The number of carbonyl (C=O) groups excluding carboxylic acids is 1. The molecule has 5 heteroatoms. The van der Waals surface area contributed by atoms with Gasteiger partial charge in [-0.2, -0.15) is 0 Å². The number of halogens is 1. The molecule has 0 aliphatic carbocycles. The quantitative estimate of drug-likeness (QED) is 0.758. The first kappa shape index (κ1) is 19.5. The number of hydrogen-bond acceptors (Lipinski definition) is 4. The molecule has 1 aliphatic rings. The van der Waals surface area contributed by atoms with E-state index in [1.54, 1.807) is 0 Å². The van der Waals surface area contributed by atoms with Crippen LogP contribution >= 0.6 is 0 Å². The van der Waals surface area contributed by atoms with Crippen molar-refractivity contribution in [1.82, 2.24) is 5.32 Å². The number of benzene rings is 2. The van der Waals surface area contributed by atoms with Crippen LogP contribution in [-0.2, 0) is 6.42 Å². The van der Waals surface area contributed by atoms with Gasteiger partial charge in [0.15, 0.2) is 5.78 Å². The molecule has 4 nitrogen and oxygen atoms in total. The molecule has 1 heterocycles. The molecule has 3 rings (SSSR count). The minimum atomic E-state index is -0.752. The van der Waals surface area contributed by atoms with E-state index in [1.807, 2.05) is 32.0 Å². The molecule has 2 N–H and O–H groups in total. The lowest BCUT2D eigenvalue weighted by Crippen LogP contribution is -2.52. The molecular weight excluding hydrogens is 345 g/mol. The lowest BCUT2D eigenvalue weighted by molar-refractivity contribution is -0.0644. The van der Waals surface area contributed by atoms with Crippen molar-refractivity contribution in [2.24, 2.45) is 0 Å². The van der Waals surface area contributed by atoms with Gasteiger partial charge in [0.05, 0.1) is 6.04 Å². The molecule has 0 radical (unpaired) electrons. The number of fused-ring (bicyclic) bond motifs is 1. The third-order valence-corrected chi connectivity index (χ3v) is 5.10. The van der Waals surface area contributed by atoms with E-state index in [1.165, 1.54) is 29.8 Å². The zero-order valence-corrected chi connectivity index (χ0v) is 16.0. The molecule has 0 aromatic heterocycles. The van der Waals surface area contributed by atoms with Gasteiger partial charge in [-0.1, -0.05) is 19.1 Å². The van der Waals surface area contributed by atoms with Gasteiger partial charge in [0.2, 0.25) is 0 Å². The standard InChI is InChI=1S/C22H26FNO3/c1-4-14-5-10-19-17(13-14)20(21(26)22(2,3)27-19)24-12-11-18(25)15-6-8-16(23)9-7-15/h5-10,13,20-21,24,26H,4,11-12H2,1-3H3/t20-,21+/m1/s1. The van der Waals surface area contributed by atoms with E-state index in [2.05, 4.69) is 12.2 Å². The molecule has 0 spiro atoms. The summed E-state index contributed by atoms with van der Waals surface area (Å²) in [6, 6.07) is 11.3. The van der Waals surface area contributed by atoms with Crippen molar-refractivity contribution in [3.8, 4) is 5.75 Å². The number of hydrogen-bond donors (Lipinski definition) is 2. The molecule has 2 aromatic carbocycles. The Labute approximate surface area is 159 Å². The Kier molecular flexibility index (Phi) is 5.63. The first-order valence-corrected chi connectivity index (χ1v) is 9.34. The predicted octanol–water partition coefficient (Wildman–Crippen LogP) is 3.82. The van der Waals surface area contributed by atoms with E-state index in [4.69, 9.17) is 4.74 Å². The van der Waals surface area contributed by atoms with Crippen molar-refractivity contribution in [2.75, 3.05) is 6.54 Å². The zero-order chi connectivity index (χ0) is 19.6. The number of aliphatic hydroxyl groups is 1. The maximum Gasteiger partial charge on any atom is 0.164 e. The highest BCUT2D eigenvalue weighted by Crippen LogP contribution is 2.40. The molecular formula is C22H26FNO3. The summed E-state index contributed by atoms with van der Waals surface area (Å²) in [6.07, 6.45) is 0.402. The van der Waals surface area contributed by atoms with Gasteiger partial charge in [-0.05, 0) is 56.2 Å². The van der Waals surface area contributed by atoms with Crippen LogP contribution in [0, 0.1) is 5.82 Å². The van der Waals surface area contributed by atoms with E-state index in [0.717, 1.165) is 17.7 Å². The molecule has 1 aliphatic heterocycles. The number of aryl methyl sites for hydroxylation is 1. The van der Waals surface area contributed by atoms with Crippen molar-refractivity contribution in [1.29, 1.82) is 0 Å². The van der Waals surface area contributed by atoms with Crippen LogP contribution in [0.3, 0.4) is 0 Å². The summed E-state index contributed by atoms with van der Waals surface area (Å²) in [4.78, 5) is 12.3. The highest BCUT2D eigenvalue weighted by atomic mass is 19.1. The largest absolute Gasteiger partial charge is 0.485 e. The van der Waals surface area contributed by atoms with Crippen molar-refractivity contribution in [2.45, 2.75) is 51.4 Å². The molecule has 0 unspecified atom stereocenters. The second-order valence-corrected chi connectivity index (χ2v) is 7.49. The third kappa shape index (κ3) is 4.20. The molecule has 0 saturated heterocycles. The number of ether oxygens (including phenoxy) is 1. The van der Waals surface area contributed by atoms with Gasteiger partial charge in [0.1, 0.15) is 23.3 Å². The van der Waals surface area contributed by atoms with Crippen LogP contribution in [0.1, 0.15) is 54.7 Å². The lowest BCUT2D eigenvalue weighted by atomic mass is 9.85. The van der Waals surface area contributed by atoms with Crippen LogP contribution in [0.4, 0.5) is 4.39 Å². The van der Waals surface area contributed by atoms with Gasteiger partial charge >= 0.3 is 0 Å². The molecule has 0 bridgehead atoms. The smallest absolute Gasteiger partial charge is 0.164 e. The molecule has 0 amide bonds. The lowest BCUT2D eigenvalue weighted by Gasteiger charge is -2.42. The Bertz CT molecular complexity index is 817. The Morgan fingerprint density at radius 2 is 1.93 bits per heavy atom. The Morgan fingerprint density at radius 1 is 1.22 bits per heavy atom. The van der Waals surface area contributed by atoms with E-state index in [-0.39, 0.29) is 24.1 Å². The summed E-state index contributed by atoms with van der Waals surface area (Å²) in [5.41, 5.74) is 1.83. The summed E-state index contributed by atoms with van der Waals surface area (Å²) in [6.45, 7) is 6.19. The zero-order valence-electron chi connectivity index (χ0n) is 16.0. The fourth-order valence-corrected chi connectivity index (χ4v) is 3.41. The Morgan fingerprint density at radius 3 is 2.59 bits per heavy atom. The summed E-state index contributed by atoms with van der Waals surface area (Å²) < 4.78 is 19.0. The van der Waals surface area contributed by atoms with Crippen molar-refractivity contribution < 1.29 is 19.0 Å². The summed E-state index contributed by atoms with van der Waals surface area (Å²) in [7, 11) is 0. The summed E-state index contributed by atoms with van der Waals surface area (Å²) in [5.74, 6) is 0.330.